The van der Waals surface area contributed by atoms with Crippen LogP contribution in [0.4, 0.5) is 0 Å². The van der Waals surface area contributed by atoms with Crippen LogP contribution in [0.1, 0.15) is 13.8 Å². The summed E-state index contributed by atoms with van der Waals surface area (Å²) in [4.78, 5) is 16.5. The molecule has 2 aliphatic heterocycles. The van der Waals surface area contributed by atoms with Crippen molar-refractivity contribution in [2.45, 2.75) is 25.9 Å². The Morgan fingerprint density at radius 1 is 1.47 bits per heavy atom. The van der Waals surface area contributed by atoms with E-state index in [1.807, 2.05) is 0 Å². The maximum atomic E-state index is 12.3. The van der Waals surface area contributed by atoms with Crippen LogP contribution in [-0.2, 0) is 4.79 Å². The van der Waals surface area contributed by atoms with Gasteiger partial charge >= 0.3 is 0 Å². The van der Waals surface area contributed by atoms with Gasteiger partial charge < -0.3 is 10.2 Å². The minimum Gasteiger partial charge on any atom is -0.334 e. The molecule has 2 atom stereocenters. The largest absolute Gasteiger partial charge is 0.334 e. The smallest absolute Gasteiger partial charge is 0.240 e. The summed E-state index contributed by atoms with van der Waals surface area (Å²) in [6.45, 7) is 8.02. The molecule has 2 heterocycles. The lowest BCUT2D eigenvalue weighted by Gasteiger charge is -2.47. The number of piperazine rings is 2. The highest BCUT2D eigenvalue weighted by Gasteiger charge is 2.40. The summed E-state index contributed by atoms with van der Waals surface area (Å²) >= 11 is 0. The Hall–Kier alpha value is -0.610. The van der Waals surface area contributed by atoms with Crippen molar-refractivity contribution < 1.29 is 4.79 Å². The monoisotopic (exact) mass is 211 g/mol. The van der Waals surface area contributed by atoms with E-state index in [1.165, 1.54) is 0 Å². The predicted octanol–water partition coefficient (Wildman–Crippen LogP) is -0.243. The molecule has 0 bridgehead atoms. The van der Waals surface area contributed by atoms with Crippen LogP contribution in [0, 0.1) is 5.92 Å². The fourth-order valence-corrected chi connectivity index (χ4v) is 2.81. The van der Waals surface area contributed by atoms with Crippen LogP contribution >= 0.6 is 0 Å². The van der Waals surface area contributed by atoms with Crippen LogP contribution in [-0.4, -0.2) is 61.0 Å². The zero-order chi connectivity index (χ0) is 11.0. The molecule has 0 spiro atoms. The number of amides is 1. The second kappa shape index (κ2) is 4.10. The summed E-state index contributed by atoms with van der Waals surface area (Å²) in [5.41, 5.74) is 0. The summed E-state index contributed by atoms with van der Waals surface area (Å²) in [7, 11) is 2.06. The Labute approximate surface area is 91.6 Å². The number of hydrogen-bond donors (Lipinski definition) is 1. The maximum absolute atomic E-state index is 12.3. The normalized spacial score (nSPS) is 33.3. The number of likely N-dealkylation sites (N-methyl/N-ethyl adjacent to an activating group) is 1. The van der Waals surface area contributed by atoms with Gasteiger partial charge in [0, 0.05) is 26.2 Å². The minimum absolute atomic E-state index is 0.0827. The maximum Gasteiger partial charge on any atom is 0.240 e. The number of nitrogens with one attached hydrogen (secondary N) is 1. The van der Waals surface area contributed by atoms with E-state index in [9.17, 15) is 4.79 Å². The molecule has 1 amide bonds. The van der Waals surface area contributed by atoms with E-state index in [2.05, 4.69) is 36.0 Å². The van der Waals surface area contributed by atoms with Gasteiger partial charge in [0.25, 0.3) is 0 Å². The van der Waals surface area contributed by atoms with Crippen LogP contribution < -0.4 is 5.32 Å². The van der Waals surface area contributed by atoms with Crippen molar-refractivity contribution in [3.8, 4) is 0 Å². The fourth-order valence-electron chi connectivity index (χ4n) is 2.81. The molecule has 2 unspecified atom stereocenters. The van der Waals surface area contributed by atoms with Crippen LogP contribution in [0.2, 0.25) is 0 Å². The molecule has 0 aromatic heterocycles. The predicted molar refractivity (Wildman–Crippen MR) is 59.6 cm³/mol. The van der Waals surface area contributed by atoms with E-state index >= 15 is 0 Å². The third-order valence-electron chi connectivity index (χ3n) is 3.49. The number of carbonyl (C=O) groups excluding carboxylic acids is 1. The van der Waals surface area contributed by atoms with Gasteiger partial charge in [0.2, 0.25) is 5.91 Å². The number of carbonyl (C=O) groups is 1. The van der Waals surface area contributed by atoms with Crippen molar-refractivity contribution in [1.82, 2.24) is 15.1 Å². The molecule has 2 aliphatic rings. The molecule has 86 valence electrons. The minimum atomic E-state index is 0.0827. The van der Waals surface area contributed by atoms with Crippen LogP contribution in [0.25, 0.3) is 0 Å². The molecular weight excluding hydrogens is 190 g/mol. The first kappa shape index (κ1) is 10.9. The molecule has 4 heteroatoms. The van der Waals surface area contributed by atoms with Crippen molar-refractivity contribution in [2.24, 2.45) is 5.92 Å². The third kappa shape index (κ3) is 1.88. The van der Waals surface area contributed by atoms with Crippen molar-refractivity contribution in [1.29, 1.82) is 0 Å². The molecule has 0 aliphatic carbocycles. The average Bonchev–Trinajstić information content (AvgIpc) is 2.17. The van der Waals surface area contributed by atoms with Crippen molar-refractivity contribution in [2.75, 3.05) is 33.2 Å². The van der Waals surface area contributed by atoms with Crippen LogP contribution in [0.15, 0.2) is 0 Å². The topological polar surface area (TPSA) is 35.6 Å². The highest BCUT2D eigenvalue weighted by molar-refractivity contribution is 5.83. The quantitative estimate of drug-likeness (QED) is 0.650. The Morgan fingerprint density at radius 3 is 2.87 bits per heavy atom. The molecular formula is C11H21N3O. The van der Waals surface area contributed by atoms with Gasteiger partial charge in [-0.05, 0) is 13.0 Å². The van der Waals surface area contributed by atoms with Gasteiger partial charge in [-0.3, -0.25) is 9.69 Å². The fraction of sp³-hybridized carbons (Fsp3) is 0.909. The van der Waals surface area contributed by atoms with E-state index in [-0.39, 0.29) is 6.04 Å². The Bertz CT molecular complexity index is 254. The zero-order valence-electron chi connectivity index (χ0n) is 9.86. The van der Waals surface area contributed by atoms with Crippen LogP contribution in [0.5, 0.6) is 0 Å². The Balaban J connectivity index is 2.15. The summed E-state index contributed by atoms with van der Waals surface area (Å²) in [5, 5.41) is 3.35. The molecule has 0 saturated carbocycles. The van der Waals surface area contributed by atoms with Crippen molar-refractivity contribution in [3.63, 3.8) is 0 Å². The Kier molecular flexibility index (Phi) is 2.98. The molecule has 2 fully saturated rings. The SMILES string of the molecule is CC(C)C1C(=O)N2CCNCC2CN1C. The molecule has 15 heavy (non-hydrogen) atoms. The molecule has 0 radical (unpaired) electrons. The van der Waals surface area contributed by atoms with E-state index < -0.39 is 0 Å². The standard InChI is InChI=1S/C11H21N3O/c1-8(2)10-11(15)14-5-4-12-6-9(14)7-13(10)3/h8-10,12H,4-7H2,1-3H3. The molecule has 1 N–H and O–H groups in total. The van der Waals surface area contributed by atoms with Crippen molar-refractivity contribution in [3.05, 3.63) is 0 Å². The molecule has 0 aromatic rings. The molecule has 2 rings (SSSR count). The molecule has 0 aromatic carbocycles. The van der Waals surface area contributed by atoms with E-state index in [4.69, 9.17) is 0 Å². The second-order valence-electron chi connectivity index (χ2n) is 5.02. The summed E-state index contributed by atoms with van der Waals surface area (Å²) in [6.07, 6.45) is 0. The van der Waals surface area contributed by atoms with Gasteiger partial charge in [-0.2, -0.15) is 0 Å². The van der Waals surface area contributed by atoms with Crippen molar-refractivity contribution >= 4 is 5.91 Å². The number of rotatable bonds is 1. The third-order valence-corrected chi connectivity index (χ3v) is 3.49. The first-order valence-electron chi connectivity index (χ1n) is 5.82. The first-order chi connectivity index (χ1) is 7.11. The van der Waals surface area contributed by atoms with E-state index in [1.54, 1.807) is 0 Å². The van der Waals surface area contributed by atoms with Crippen LogP contribution in [0.3, 0.4) is 0 Å². The molecule has 2 saturated heterocycles. The van der Waals surface area contributed by atoms with Gasteiger partial charge in [0.15, 0.2) is 0 Å². The highest BCUT2D eigenvalue weighted by Crippen LogP contribution is 2.21. The number of hydrogen-bond acceptors (Lipinski definition) is 3. The lowest BCUT2D eigenvalue weighted by atomic mass is 9.95. The first-order valence-corrected chi connectivity index (χ1v) is 5.82. The van der Waals surface area contributed by atoms with E-state index in [0.29, 0.717) is 17.9 Å². The van der Waals surface area contributed by atoms with Gasteiger partial charge in [-0.15, -0.1) is 0 Å². The molecule has 4 nitrogen and oxygen atoms in total. The zero-order valence-corrected chi connectivity index (χ0v) is 9.86. The van der Waals surface area contributed by atoms with Gasteiger partial charge in [0.1, 0.15) is 0 Å². The highest BCUT2D eigenvalue weighted by atomic mass is 16.2. The second-order valence-corrected chi connectivity index (χ2v) is 5.02. The summed E-state index contributed by atoms with van der Waals surface area (Å²) in [5.74, 6) is 0.726. The van der Waals surface area contributed by atoms with Gasteiger partial charge in [0.05, 0.1) is 12.1 Å². The van der Waals surface area contributed by atoms with Gasteiger partial charge in [-0.1, -0.05) is 13.8 Å². The lowest BCUT2D eigenvalue weighted by molar-refractivity contribution is -0.148. The van der Waals surface area contributed by atoms with Gasteiger partial charge in [-0.25, -0.2) is 0 Å². The lowest BCUT2D eigenvalue weighted by Crippen LogP contribution is -2.67. The average molecular weight is 211 g/mol. The number of nitrogens with zero attached hydrogens (tertiary/aromatic N) is 2. The number of fused-ring (bicyclic) bond motifs is 1. The summed E-state index contributed by atoms with van der Waals surface area (Å²) < 4.78 is 0. The summed E-state index contributed by atoms with van der Waals surface area (Å²) in [6, 6.07) is 0.464. The Morgan fingerprint density at radius 2 is 2.20 bits per heavy atom. The van der Waals surface area contributed by atoms with E-state index in [0.717, 1.165) is 26.2 Å².